The van der Waals surface area contributed by atoms with Gasteiger partial charge in [0, 0.05) is 18.9 Å². The first-order valence-electron chi connectivity index (χ1n) is 9.04. The maximum atomic E-state index is 12.3. The van der Waals surface area contributed by atoms with Gasteiger partial charge in [-0.3, -0.25) is 0 Å². The average molecular weight is 389 g/mol. The van der Waals surface area contributed by atoms with Crippen LogP contribution < -0.4 is 11.7 Å². The normalized spacial score (nSPS) is 11.3. The number of esters is 1. The van der Waals surface area contributed by atoms with Crippen LogP contribution in [0.25, 0.3) is 0 Å². The number of benzene rings is 2. The van der Waals surface area contributed by atoms with Crippen LogP contribution in [0, 0.1) is 0 Å². The third kappa shape index (κ3) is 5.10. The Morgan fingerprint density at radius 1 is 1.00 bits per heavy atom. The molecule has 0 saturated heterocycles. The van der Waals surface area contributed by atoms with E-state index in [9.17, 15) is 4.79 Å². The summed E-state index contributed by atoms with van der Waals surface area (Å²) in [5.74, 6) is 10.1. The minimum absolute atomic E-state index is 0.352. The summed E-state index contributed by atoms with van der Waals surface area (Å²) in [7, 11) is 1.39. The average Bonchev–Trinajstić information content (AvgIpc) is 3.11. The quantitative estimate of drug-likeness (QED) is 0.280. The van der Waals surface area contributed by atoms with E-state index in [0.717, 1.165) is 27.8 Å². The van der Waals surface area contributed by atoms with Crippen LogP contribution in [0.4, 0.5) is 0 Å². The molecule has 3 rings (SSSR count). The summed E-state index contributed by atoms with van der Waals surface area (Å²) >= 11 is 0. The second-order valence-electron chi connectivity index (χ2n) is 6.58. The number of hydrazone groups is 2. The zero-order chi connectivity index (χ0) is 20.6. The second-order valence-corrected chi connectivity index (χ2v) is 6.58. The zero-order valence-electron chi connectivity index (χ0n) is 16.2. The molecule has 0 radical (unpaired) electrons. The summed E-state index contributed by atoms with van der Waals surface area (Å²) in [6.07, 6.45) is 7.59. The monoisotopic (exact) mass is 389 g/mol. The molecule has 0 atom stereocenters. The number of methoxy groups -OCH3 is 1. The summed E-state index contributed by atoms with van der Waals surface area (Å²) in [4.78, 5) is 12.3. The maximum Gasteiger partial charge on any atom is 0.339 e. The number of nitrogens with two attached hydrogens (primary N) is 2. The van der Waals surface area contributed by atoms with Crippen LogP contribution >= 0.6 is 0 Å². The van der Waals surface area contributed by atoms with Crippen molar-refractivity contribution in [1.82, 2.24) is 4.57 Å². The molecule has 1 aromatic heterocycles. The van der Waals surface area contributed by atoms with Crippen molar-refractivity contribution in [2.24, 2.45) is 21.9 Å². The molecule has 4 N–H and O–H groups in total. The standard InChI is InChI=1S/C22H23N5O2/c1-29-22(28)21-15-27(13-19-4-2-3-18(9-19)12-26-24)14-20(21)10-16-5-7-17(8-6-16)11-25-23/h2-9,11-12,14-15H,10,13,23-24H2,1H3. The molecule has 0 aliphatic heterocycles. The van der Waals surface area contributed by atoms with E-state index >= 15 is 0 Å². The SMILES string of the molecule is COC(=O)c1cn(Cc2cccc(C=NN)c2)cc1Cc1ccc(C=NN)cc1. The number of carbonyl (C=O) groups excluding carboxylic acids is 1. The van der Waals surface area contributed by atoms with Gasteiger partial charge < -0.3 is 21.0 Å². The molecule has 0 spiro atoms. The fourth-order valence-corrected chi connectivity index (χ4v) is 3.18. The van der Waals surface area contributed by atoms with Crippen molar-refractivity contribution >= 4 is 18.4 Å². The summed E-state index contributed by atoms with van der Waals surface area (Å²) < 4.78 is 6.95. The molecule has 0 aliphatic rings. The third-order valence-corrected chi connectivity index (χ3v) is 4.51. The first-order valence-corrected chi connectivity index (χ1v) is 9.04. The van der Waals surface area contributed by atoms with Crippen LogP contribution in [-0.4, -0.2) is 30.1 Å². The number of aromatic nitrogens is 1. The van der Waals surface area contributed by atoms with Gasteiger partial charge >= 0.3 is 5.97 Å². The molecule has 0 aliphatic carbocycles. The van der Waals surface area contributed by atoms with Crippen LogP contribution in [0.1, 0.15) is 38.2 Å². The van der Waals surface area contributed by atoms with E-state index in [1.807, 2.05) is 65.5 Å². The van der Waals surface area contributed by atoms with E-state index in [2.05, 4.69) is 10.2 Å². The van der Waals surface area contributed by atoms with Crippen molar-refractivity contribution in [1.29, 1.82) is 0 Å². The molecule has 0 fully saturated rings. The lowest BCUT2D eigenvalue weighted by Crippen LogP contribution is -2.03. The van der Waals surface area contributed by atoms with E-state index in [-0.39, 0.29) is 5.97 Å². The molecular formula is C22H23N5O2. The lowest BCUT2D eigenvalue weighted by atomic mass is 10.0. The molecule has 7 nitrogen and oxygen atoms in total. The number of carbonyl (C=O) groups is 1. The van der Waals surface area contributed by atoms with Gasteiger partial charge in [0.05, 0.1) is 25.1 Å². The van der Waals surface area contributed by atoms with Gasteiger partial charge in [-0.25, -0.2) is 4.79 Å². The fourth-order valence-electron chi connectivity index (χ4n) is 3.18. The van der Waals surface area contributed by atoms with Gasteiger partial charge in [0.2, 0.25) is 0 Å². The Labute approximate surface area is 169 Å². The van der Waals surface area contributed by atoms with Crippen molar-refractivity contribution in [2.75, 3.05) is 7.11 Å². The highest BCUT2D eigenvalue weighted by atomic mass is 16.5. The van der Waals surface area contributed by atoms with E-state index in [4.69, 9.17) is 16.4 Å². The third-order valence-electron chi connectivity index (χ3n) is 4.51. The highest BCUT2D eigenvalue weighted by Gasteiger charge is 2.16. The number of nitrogens with zero attached hydrogens (tertiary/aromatic N) is 3. The number of ether oxygens (including phenoxy) is 1. The zero-order valence-corrected chi connectivity index (χ0v) is 16.2. The van der Waals surface area contributed by atoms with Gasteiger partial charge in [0.25, 0.3) is 0 Å². The van der Waals surface area contributed by atoms with Gasteiger partial charge in [0.15, 0.2) is 0 Å². The van der Waals surface area contributed by atoms with Crippen molar-refractivity contribution in [3.63, 3.8) is 0 Å². The van der Waals surface area contributed by atoms with Gasteiger partial charge in [-0.1, -0.05) is 42.5 Å². The van der Waals surface area contributed by atoms with E-state index in [1.165, 1.54) is 7.11 Å². The van der Waals surface area contributed by atoms with Crippen molar-refractivity contribution in [3.05, 3.63) is 94.3 Å². The van der Waals surface area contributed by atoms with Crippen LogP contribution in [0.3, 0.4) is 0 Å². The minimum atomic E-state index is -0.352. The second kappa shape index (κ2) is 9.36. The summed E-state index contributed by atoms with van der Waals surface area (Å²) in [5.41, 5.74) is 5.44. The summed E-state index contributed by atoms with van der Waals surface area (Å²) in [5, 5.41) is 7.09. The number of rotatable bonds is 7. The van der Waals surface area contributed by atoms with Crippen molar-refractivity contribution in [3.8, 4) is 0 Å². The Bertz CT molecular complexity index is 1040. The largest absolute Gasteiger partial charge is 0.465 e. The van der Waals surface area contributed by atoms with Crippen molar-refractivity contribution < 1.29 is 9.53 Å². The molecule has 7 heteroatoms. The summed E-state index contributed by atoms with van der Waals surface area (Å²) in [6.45, 7) is 0.613. The van der Waals surface area contributed by atoms with Crippen molar-refractivity contribution in [2.45, 2.75) is 13.0 Å². The molecule has 0 unspecified atom stereocenters. The molecule has 3 aromatic rings. The van der Waals surface area contributed by atoms with Crippen LogP contribution in [0.15, 0.2) is 71.1 Å². The molecular weight excluding hydrogens is 366 g/mol. The smallest absolute Gasteiger partial charge is 0.339 e. The van der Waals surface area contributed by atoms with Gasteiger partial charge in [-0.2, -0.15) is 10.2 Å². The molecule has 0 saturated carbocycles. The van der Waals surface area contributed by atoms with Crippen LogP contribution in [-0.2, 0) is 17.7 Å². The fraction of sp³-hybridized carbons (Fsp3) is 0.136. The van der Waals surface area contributed by atoms with Crippen LogP contribution in [0.5, 0.6) is 0 Å². The molecule has 0 amide bonds. The van der Waals surface area contributed by atoms with Crippen LogP contribution in [0.2, 0.25) is 0 Å². The predicted octanol–water partition coefficient (Wildman–Crippen LogP) is 2.50. The highest BCUT2D eigenvalue weighted by molar-refractivity contribution is 5.91. The Balaban J connectivity index is 1.86. The number of hydrogen-bond donors (Lipinski definition) is 2. The van der Waals surface area contributed by atoms with E-state index in [1.54, 1.807) is 12.4 Å². The molecule has 148 valence electrons. The first-order chi connectivity index (χ1) is 14.1. The Hall–Kier alpha value is -3.87. The van der Waals surface area contributed by atoms with Gasteiger partial charge in [-0.05, 0) is 40.3 Å². The Kier molecular flexibility index (Phi) is 6.42. The van der Waals surface area contributed by atoms with E-state index in [0.29, 0.717) is 18.5 Å². The predicted molar refractivity (Wildman–Crippen MR) is 114 cm³/mol. The molecule has 0 bridgehead atoms. The maximum absolute atomic E-state index is 12.3. The lowest BCUT2D eigenvalue weighted by Gasteiger charge is -2.04. The Morgan fingerprint density at radius 2 is 1.72 bits per heavy atom. The topological polar surface area (TPSA) is 108 Å². The number of hydrogen-bond acceptors (Lipinski definition) is 6. The van der Waals surface area contributed by atoms with E-state index < -0.39 is 0 Å². The molecule has 1 heterocycles. The van der Waals surface area contributed by atoms with Gasteiger partial charge in [-0.15, -0.1) is 0 Å². The lowest BCUT2D eigenvalue weighted by molar-refractivity contribution is 0.0599. The summed E-state index contributed by atoms with van der Waals surface area (Å²) in [6, 6.07) is 15.8. The Morgan fingerprint density at radius 3 is 2.41 bits per heavy atom. The van der Waals surface area contributed by atoms with Gasteiger partial charge in [0.1, 0.15) is 0 Å². The first kappa shape index (κ1) is 19.9. The molecule has 29 heavy (non-hydrogen) atoms. The molecule has 2 aromatic carbocycles. The highest BCUT2D eigenvalue weighted by Crippen LogP contribution is 2.19. The minimum Gasteiger partial charge on any atom is -0.465 e.